The minimum atomic E-state index is -4.70. The van der Waals surface area contributed by atoms with Gasteiger partial charge >= 0.3 is 6.18 Å². The number of aromatic nitrogens is 3. The number of rotatable bonds is 4. The van der Waals surface area contributed by atoms with Gasteiger partial charge in [-0.3, -0.25) is 4.98 Å². The van der Waals surface area contributed by atoms with Crippen LogP contribution in [0.3, 0.4) is 0 Å². The molecule has 0 aliphatic rings. The van der Waals surface area contributed by atoms with Crippen molar-refractivity contribution in [2.75, 3.05) is 12.4 Å². The number of aryl methyl sites for hydroxylation is 2. The van der Waals surface area contributed by atoms with E-state index in [1.165, 1.54) is 6.20 Å². The largest absolute Gasteiger partial charge is 0.480 e. The maximum Gasteiger partial charge on any atom is 0.425 e. The van der Waals surface area contributed by atoms with Crippen molar-refractivity contribution in [3.63, 3.8) is 0 Å². The van der Waals surface area contributed by atoms with Crippen molar-refractivity contribution in [2.24, 2.45) is 0 Å². The van der Waals surface area contributed by atoms with E-state index in [1.807, 2.05) is 13.0 Å². The average molecular weight is 374 g/mol. The number of methoxy groups -OCH3 is 1. The van der Waals surface area contributed by atoms with E-state index in [9.17, 15) is 13.2 Å². The number of nitrogens with zero attached hydrogens (tertiary/aromatic N) is 3. The molecule has 0 unspecified atom stereocenters. The first-order chi connectivity index (χ1) is 12.8. The first-order valence-corrected chi connectivity index (χ1v) is 8.08. The average Bonchev–Trinajstić information content (AvgIpc) is 2.63. The van der Waals surface area contributed by atoms with E-state index in [0.717, 1.165) is 18.2 Å². The lowest BCUT2D eigenvalue weighted by Crippen LogP contribution is -2.15. The predicted molar refractivity (Wildman–Crippen MR) is 96.0 cm³/mol. The highest BCUT2D eigenvalue weighted by Gasteiger charge is 2.40. The molecule has 0 fully saturated rings. The summed E-state index contributed by atoms with van der Waals surface area (Å²) in [5.74, 6) is -0.917. The minimum Gasteiger partial charge on any atom is -0.480 e. The van der Waals surface area contributed by atoms with Crippen LogP contribution in [-0.4, -0.2) is 22.1 Å². The molecule has 3 rings (SSSR count). The fraction of sp³-hybridized carbons (Fsp3) is 0.211. The van der Waals surface area contributed by atoms with Crippen molar-refractivity contribution >= 4 is 11.5 Å². The zero-order valence-corrected chi connectivity index (χ0v) is 14.9. The number of hydrogen-bond donors (Lipinski definition) is 1. The second kappa shape index (κ2) is 7.22. The number of hydrogen-bond acceptors (Lipinski definition) is 5. The number of ether oxygens (including phenoxy) is 1. The van der Waals surface area contributed by atoms with Crippen molar-refractivity contribution in [3.8, 4) is 17.4 Å². The highest BCUT2D eigenvalue weighted by molar-refractivity contribution is 5.67. The van der Waals surface area contributed by atoms with Gasteiger partial charge in [-0.25, -0.2) is 4.98 Å². The Balaban J connectivity index is 2.19. The van der Waals surface area contributed by atoms with Gasteiger partial charge in [-0.15, -0.1) is 0 Å². The zero-order valence-electron chi connectivity index (χ0n) is 14.9. The third-order valence-electron chi connectivity index (χ3n) is 3.88. The van der Waals surface area contributed by atoms with E-state index >= 15 is 0 Å². The lowest BCUT2D eigenvalue weighted by molar-refractivity contribution is -0.138. The molecule has 0 spiro atoms. The fourth-order valence-electron chi connectivity index (χ4n) is 2.62. The van der Waals surface area contributed by atoms with Gasteiger partial charge in [0, 0.05) is 11.9 Å². The molecule has 2 heterocycles. The predicted octanol–water partition coefficient (Wildman–Crippen LogP) is 4.93. The molecule has 3 aromatic rings. The third-order valence-corrected chi connectivity index (χ3v) is 3.88. The summed E-state index contributed by atoms with van der Waals surface area (Å²) in [4.78, 5) is 12.1. The summed E-state index contributed by atoms with van der Waals surface area (Å²) < 4.78 is 46.0. The fourth-order valence-corrected chi connectivity index (χ4v) is 2.62. The maximum absolute atomic E-state index is 13.7. The summed E-state index contributed by atoms with van der Waals surface area (Å²) in [5, 5.41) is 2.78. The number of benzene rings is 1. The third kappa shape index (κ3) is 3.99. The Bertz CT molecular complexity index is 959. The van der Waals surface area contributed by atoms with Crippen LogP contribution in [0.2, 0.25) is 0 Å². The van der Waals surface area contributed by atoms with E-state index < -0.39 is 17.6 Å². The van der Waals surface area contributed by atoms with Crippen LogP contribution in [0.15, 0.2) is 42.6 Å². The van der Waals surface area contributed by atoms with Crippen molar-refractivity contribution in [2.45, 2.75) is 20.0 Å². The molecule has 0 saturated carbocycles. The SMILES string of the molecule is COc1nc(-c2ccccn2)nc(Nc2ccc(C)cc2C)c1C(F)(F)F. The van der Waals surface area contributed by atoms with Gasteiger partial charge < -0.3 is 10.1 Å². The van der Waals surface area contributed by atoms with Crippen LogP contribution < -0.4 is 10.1 Å². The monoisotopic (exact) mass is 374 g/mol. The topological polar surface area (TPSA) is 59.9 Å². The Kier molecular flexibility index (Phi) is 4.98. The lowest BCUT2D eigenvalue weighted by Gasteiger charge is -2.18. The van der Waals surface area contributed by atoms with Crippen LogP contribution in [0.5, 0.6) is 5.88 Å². The Hall–Kier alpha value is -3.16. The van der Waals surface area contributed by atoms with Gasteiger partial charge in [-0.2, -0.15) is 18.2 Å². The Morgan fingerprint density at radius 3 is 2.41 bits per heavy atom. The first-order valence-electron chi connectivity index (χ1n) is 8.08. The van der Waals surface area contributed by atoms with Crippen molar-refractivity contribution < 1.29 is 17.9 Å². The van der Waals surface area contributed by atoms with E-state index in [1.54, 1.807) is 37.3 Å². The van der Waals surface area contributed by atoms with Gasteiger partial charge in [0.1, 0.15) is 5.69 Å². The van der Waals surface area contributed by atoms with E-state index in [0.29, 0.717) is 11.4 Å². The van der Waals surface area contributed by atoms with Gasteiger partial charge in [-0.1, -0.05) is 23.8 Å². The summed E-state index contributed by atoms with van der Waals surface area (Å²) in [6, 6.07) is 10.4. The van der Waals surface area contributed by atoms with Gasteiger partial charge in [0.25, 0.3) is 0 Å². The maximum atomic E-state index is 13.7. The molecule has 0 amide bonds. The van der Waals surface area contributed by atoms with E-state index in [-0.39, 0.29) is 11.6 Å². The van der Waals surface area contributed by atoms with E-state index in [4.69, 9.17) is 4.74 Å². The van der Waals surface area contributed by atoms with Crippen LogP contribution in [0.1, 0.15) is 16.7 Å². The Morgan fingerprint density at radius 1 is 1.04 bits per heavy atom. The summed E-state index contributed by atoms with van der Waals surface area (Å²) in [6.07, 6.45) is -3.19. The quantitative estimate of drug-likeness (QED) is 0.702. The van der Waals surface area contributed by atoms with Gasteiger partial charge in [0.15, 0.2) is 17.2 Å². The number of anilines is 2. The number of halogens is 3. The van der Waals surface area contributed by atoms with Crippen molar-refractivity contribution in [1.29, 1.82) is 0 Å². The van der Waals surface area contributed by atoms with E-state index in [2.05, 4.69) is 20.3 Å². The molecule has 140 valence electrons. The molecule has 8 heteroatoms. The van der Waals surface area contributed by atoms with Crippen molar-refractivity contribution in [3.05, 3.63) is 59.3 Å². The molecular weight excluding hydrogens is 357 g/mol. The second-order valence-electron chi connectivity index (χ2n) is 5.94. The van der Waals surface area contributed by atoms with Crippen LogP contribution in [-0.2, 0) is 6.18 Å². The highest BCUT2D eigenvalue weighted by Crippen LogP contribution is 2.41. The molecule has 0 saturated heterocycles. The van der Waals surface area contributed by atoms with Crippen LogP contribution in [0.4, 0.5) is 24.7 Å². The molecule has 0 radical (unpaired) electrons. The molecule has 2 aromatic heterocycles. The van der Waals surface area contributed by atoms with Gasteiger partial charge in [-0.05, 0) is 37.6 Å². The second-order valence-corrected chi connectivity index (χ2v) is 5.94. The molecule has 1 aromatic carbocycles. The molecule has 0 bridgehead atoms. The van der Waals surface area contributed by atoms with Crippen LogP contribution >= 0.6 is 0 Å². The summed E-state index contributed by atoms with van der Waals surface area (Å²) in [6.45, 7) is 3.71. The minimum absolute atomic E-state index is 0.0349. The molecule has 0 aliphatic heterocycles. The standard InChI is InChI=1S/C19H17F3N4O/c1-11-7-8-13(12(2)10-11)24-17-15(19(20,21)22)18(27-3)26-16(25-17)14-6-4-5-9-23-14/h4-10H,1-3H3,(H,24,25,26). The summed E-state index contributed by atoms with van der Waals surface area (Å²) in [5.41, 5.74) is 1.58. The number of nitrogens with one attached hydrogen (secondary N) is 1. The molecule has 0 atom stereocenters. The van der Waals surface area contributed by atoms with Crippen LogP contribution in [0.25, 0.3) is 11.5 Å². The first kappa shape index (κ1) is 18.6. The highest BCUT2D eigenvalue weighted by atomic mass is 19.4. The number of pyridine rings is 1. The smallest absolute Gasteiger partial charge is 0.425 e. The Labute approximate surface area is 154 Å². The lowest BCUT2D eigenvalue weighted by atomic mass is 10.1. The van der Waals surface area contributed by atoms with Gasteiger partial charge in [0.05, 0.1) is 7.11 Å². The summed E-state index contributed by atoms with van der Waals surface area (Å²) >= 11 is 0. The molecule has 0 aliphatic carbocycles. The molecule has 5 nitrogen and oxygen atoms in total. The van der Waals surface area contributed by atoms with Gasteiger partial charge in [0.2, 0.25) is 5.88 Å². The normalized spacial score (nSPS) is 11.3. The molecular formula is C19H17F3N4O. The van der Waals surface area contributed by atoms with Crippen molar-refractivity contribution in [1.82, 2.24) is 15.0 Å². The molecule has 27 heavy (non-hydrogen) atoms. The van der Waals surface area contributed by atoms with Crippen LogP contribution in [0, 0.1) is 13.8 Å². The Morgan fingerprint density at radius 2 is 1.81 bits per heavy atom. The molecule has 1 N–H and O–H groups in total. The number of alkyl halides is 3. The summed E-state index contributed by atoms with van der Waals surface area (Å²) in [7, 11) is 1.14. The zero-order chi connectivity index (χ0) is 19.6.